The molecule has 2 heteroatoms. The van der Waals surface area contributed by atoms with Crippen LogP contribution in [0.25, 0.3) is 0 Å². The van der Waals surface area contributed by atoms with E-state index in [1.807, 2.05) is 32.9 Å². The Kier molecular flexibility index (Phi) is 3.56. The first-order valence-electron chi connectivity index (χ1n) is 6.08. The average molecular weight is 239 g/mol. The predicted molar refractivity (Wildman–Crippen MR) is 72.9 cm³/mol. The van der Waals surface area contributed by atoms with Gasteiger partial charge in [-0.15, -0.1) is 0 Å². The fourth-order valence-corrected chi connectivity index (χ4v) is 1.90. The van der Waals surface area contributed by atoms with Gasteiger partial charge >= 0.3 is 0 Å². The molecule has 0 radical (unpaired) electrons. The molecule has 2 aromatic rings. The summed E-state index contributed by atoms with van der Waals surface area (Å²) in [6.07, 6.45) is 2.10. The van der Waals surface area contributed by atoms with Crippen molar-refractivity contribution < 1.29 is 4.79 Å². The first kappa shape index (κ1) is 12.5. The summed E-state index contributed by atoms with van der Waals surface area (Å²) in [5.41, 5.74) is 5.06. The quantitative estimate of drug-likeness (QED) is 0.768. The number of aryl methyl sites for hydroxylation is 3. The number of aromatic nitrogens is 1. The van der Waals surface area contributed by atoms with Gasteiger partial charge in [-0.2, -0.15) is 0 Å². The van der Waals surface area contributed by atoms with Crippen molar-refractivity contribution in [2.24, 2.45) is 0 Å². The van der Waals surface area contributed by atoms with Gasteiger partial charge in [0.15, 0.2) is 5.78 Å². The van der Waals surface area contributed by atoms with Gasteiger partial charge in [0, 0.05) is 23.9 Å². The van der Waals surface area contributed by atoms with Crippen LogP contribution in [0, 0.1) is 20.8 Å². The summed E-state index contributed by atoms with van der Waals surface area (Å²) in [5, 5.41) is 0. The number of hydrogen-bond acceptors (Lipinski definition) is 2. The molecule has 0 amide bonds. The average Bonchev–Trinajstić information content (AvgIpc) is 2.34. The van der Waals surface area contributed by atoms with Crippen molar-refractivity contribution in [3.8, 4) is 0 Å². The molecule has 0 aliphatic carbocycles. The molecule has 1 aromatic heterocycles. The molecule has 92 valence electrons. The Morgan fingerprint density at radius 1 is 1.11 bits per heavy atom. The first-order chi connectivity index (χ1) is 8.56. The van der Waals surface area contributed by atoms with E-state index in [4.69, 9.17) is 0 Å². The summed E-state index contributed by atoms with van der Waals surface area (Å²) in [7, 11) is 0. The largest absolute Gasteiger partial charge is 0.294 e. The van der Waals surface area contributed by atoms with Crippen molar-refractivity contribution >= 4 is 5.78 Å². The highest BCUT2D eigenvalue weighted by Gasteiger charge is 2.09. The summed E-state index contributed by atoms with van der Waals surface area (Å²) in [6.45, 7) is 6.00. The molecule has 0 unspecified atom stereocenters. The molecule has 0 fully saturated rings. The third-order valence-corrected chi connectivity index (χ3v) is 3.09. The van der Waals surface area contributed by atoms with Crippen LogP contribution in [-0.2, 0) is 6.42 Å². The van der Waals surface area contributed by atoms with Gasteiger partial charge in [0.05, 0.1) is 0 Å². The van der Waals surface area contributed by atoms with Crippen LogP contribution in [0.3, 0.4) is 0 Å². The van der Waals surface area contributed by atoms with E-state index in [0.717, 1.165) is 16.8 Å². The van der Waals surface area contributed by atoms with Gasteiger partial charge in [-0.1, -0.05) is 23.8 Å². The second-order valence-electron chi connectivity index (χ2n) is 4.72. The Morgan fingerprint density at radius 2 is 1.89 bits per heavy atom. The number of pyridine rings is 1. The molecule has 0 saturated heterocycles. The minimum atomic E-state index is 0.121. The molecule has 18 heavy (non-hydrogen) atoms. The van der Waals surface area contributed by atoms with Crippen LogP contribution in [0.5, 0.6) is 0 Å². The zero-order valence-electron chi connectivity index (χ0n) is 11.0. The van der Waals surface area contributed by atoms with E-state index >= 15 is 0 Å². The fourth-order valence-electron chi connectivity index (χ4n) is 1.90. The van der Waals surface area contributed by atoms with Gasteiger partial charge in [-0.3, -0.25) is 9.78 Å². The highest BCUT2D eigenvalue weighted by atomic mass is 16.1. The number of carbonyl (C=O) groups is 1. The SMILES string of the molecule is Cc1ccc(C)c(CC(=O)c2ccc(C)nc2)c1. The molecule has 0 aliphatic rings. The van der Waals surface area contributed by atoms with Crippen molar-refractivity contribution in [1.82, 2.24) is 4.98 Å². The smallest absolute Gasteiger partial charge is 0.168 e. The van der Waals surface area contributed by atoms with Crippen LogP contribution in [0.1, 0.15) is 32.7 Å². The Hall–Kier alpha value is -1.96. The molecule has 1 aromatic carbocycles. The fraction of sp³-hybridized carbons (Fsp3) is 0.250. The number of Topliss-reactive ketones (excluding diaryl/α,β-unsaturated/α-hetero) is 1. The van der Waals surface area contributed by atoms with Crippen LogP contribution in [-0.4, -0.2) is 10.8 Å². The van der Waals surface area contributed by atoms with Crippen molar-refractivity contribution in [2.45, 2.75) is 27.2 Å². The molecule has 0 N–H and O–H groups in total. The second-order valence-corrected chi connectivity index (χ2v) is 4.72. The number of benzene rings is 1. The molecule has 2 nitrogen and oxygen atoms in total. The Balaban J connectivity index is 2.21. The Morgan fingerprint density at radius 3 is 2.56 bits per heavy atom. The van der Waals surface area contributed by atoms with Crippen molar-refractivity contribution in [2.75, 3.05) is 0 Å². The maximum atomic E-state index is 12.1. The second kappa shape index (κ2) is 5.13. The lowest BCUT2D eigenvalue weighted by molar-refractivity contribution is 0.0992. The number of nitrogens with zero attached hydrogens (tertiary/aromatic N) is 1. The van der Waals surface area contributed by atoms with Crippen LogP contribution in [0.2, 0.25) is 0 Å². The highest BCUT2D eigenvalue weighted by molar-refractivity contribution is 5.97. The van der Waals surface area contributed by atoms with Gasteiger partial charge in [0.2, 0.25) is 0 Å². The van der Waals surface area contributed by atoms with E-state index in [9.17, 15) is 4.79 Å². The zero-order valence-corrected chi connectivity index (χ0v) is 11.0. The lowest BCUT2D eigenvalue weighted by Crippen LogP contribution is -2.05. The van der Waals surface area contributed by atoms with E-state index in [2.05, 4.69) is 23.2 Å². The Bertz CT molecular complexity index is 570. The molecule has 0 bridgehead atoms. The molecule has 0 atom stereocenters. The number of carbonyl (C=O) groups excluding carboxylic acids is 1. The number of rotatable bonds is 3. The lowest BCUT2D eigenvalue weighted by Gasteiger charge is -2.06. The van der Waals surface area contributed by atoms with Crippen LogP contribution < -0.4 is 0 Å². The summed E-state index contributed by atoms with van der Waals surface area (Å²) < 4.78 is 0. The molecule has 0 spiro atoms. The monoisotopic (exact) mass is 239 g/mol. The summed E-state index contributed by atoms with van der Waals surface area (Å²) >= 11 is 0. The van der Waals surface area contributed by atoms with Gasteiger partial charge in [0.25, 0.3) is 0 Å². The Labute approximate surface area is 108 Å². The van der Waals surface area contributed by atoms with Crippen LogP contribution >= 0.6 is 0 Å². The van der Waals surface area contributed by atoms with Gasteiger partial charge in [-0.25, -0.2) is 0 Å². The summed E-state index contributed by atoms with van der Waals surface area (Å²) in [5.74, 6) is 0.121. The van der Waals surface area contributed by atoms with E-state index in [1.54, 1.807) is 6.20 Å². The highest BCUT2D eigenvalue weighted by Crippen LogP contribution is 2.14. The normalized spacial score (nSPS) is 10.4. The van der Waals surface area contributed by atoms with Crippen molar-refractivity contribution in [1.29, 1.82) is 0 Å². The van der Waals surface area contributed by atoms with E-state index in [0.29, 0.717) is 12.0 Å². The van der Waals surface area contributed by atoms with Gasteiger partial charge < -0.3 is 0 Å². The molecule has 2 rings (SSSR count). The minimum Gasteiger partial charge on any atom is -0.294 e. The van der Waals surface area contributed by atoms with Gasteiger partial charge in [-0.05, 0) is 44.0 Å². The van der Waals surface area contributed by atoms with Crippen molar-refractivity contribution in [3.63, 3.8) is 0 Å². The van der Waals surface area contributed by atoms with E-state index in [-0.39, 0.29) is 5.78 Å². The number of ketones is 1. The zero-order chi connectivity index (χ0) is 13.1. The summed E-state index contributed by atoms with van der Waals surface area (Å²) in [4.78, 5) is 16.3. The molecular formula is C16H17NO. The van der Waals surface area contributed by atoms with Crippen LogP contribution in [0.15, 0.2) is 36.5 Å². The maximum Gasteiger partial charge on any atom is 0.168 e. The van der Waals surface area contributed by atoms with Gasteiger partial charge in [0.1, 0.15) is 0 Å². The molecule has 1 heterocycles. The first-order valence-corrected chi connectivity index (χ1v) is 6.08. The third-order valence-electron chi connectivity index (χ3n) is 3.09. The van der Waals surface area contributed by atoms with Crippen LogP contribution in [0.4, 0.5) is 0 Å². The molecule has 0 saturated carbocycles. The molecule has 0 aliphatic heterocycles. The number of hydrogen-bond donors (Lipinski definition) is 0. The van der Waals surface area contributed by atoms with E-state index < -0.39 is 0 Å². The lowest BCUT2D eigenvalue weighted by atomic mass is 9.98. The predicted octanol–water partition coefficient (Wildman–Crippen LogP) is 3.43. The third kappa shape index (κ3) is 2.83. The van der Waals surface area contributed by atoms with Crippen molar-refractivity contribution in [3.05, 3.63) is 64.5 Å². The summed E-state index contributed by atoms with van der Waals surface area (Å²) in [6, 6.07) is 9.92. The molecular weight excluding hydrogens is 222 g/mol. The topological polar surface area (TPSA) is 30.0 Å². The standard InChI is InChI=1S/C16H17NO/c1-11-4-5-12(2)15(8-11)9-16(18)14-7-6-13(3)17-10-14/h4-8,10H,9H2,1-3H3. The minimum absolute atomic E-state index is 0.121. The van der Waals surface area contributed by atoms with E-state index in [1.165, 1.54) is 5.56 Å². The maximum absolute atomic E-state index is 12.1.